The van der Waals surface area contributed by atoms with Crippen molar-refractivity contribution < 1.29 is 19.1 Å². The number of aromatic nitrogens is 1. The second-order valence-corrected chi connectivity index (χ2v) is 10.1. The lowest BCUT2D eigenvalue weighted by Crippen LogP contribution is -2.27. The topological polar surface area (TPSA) is 88.6 Å². The Morgan fingerprint density at radius 3 is 2.44 bits per heavy atom. The smallest absolute Gasteiger partial charge is 0.237 e. The molecule has 0 bridgehead atoms. The summed E-state index contributed by atoms with van der Waals surface area (Å²) in [6.07, 6.45) is 5.92. The fourth-order valence-corrected chi connectivity index (χ4v) is 4.97. The third kappa shape index (κ3) is 4.26. The summed E-state index contributed by atoms with van der Waals surface area (Å²) < 4.78 is 5.91. The molecule has 0 unspecified atom stereocenters. The Morgan fingerprint density at radius 1 is 1.00 bits per heavy atom. The van der Waals surface area contributed by atoms with Gasteiger partial charge in [0, 0.05) is 43.8 Å². The number of hydrogen-bond donors (Lipinski definition) is 1. The zero-order valence-electron chi connectivity index (χ0n) is 20.1. The number of amides is 2. The van der Waals surface area contributed by atoms with Crippen molar-refractivity contribution in [1.82, 2.24) is 4.98 Å². The fourth-order valence-electron chi connectivity index (χ4n) is 4.97. The van der Waals surface area contributed by atoms with Crippen LogP contribution in [-0.4, -0.2) is 29.6 Å². The number of fused-ring (bicyclic) bond motifs is 2. The van der Waals surface area contributed by atoms with E-state index in [2.05, 4.69) is 16.4 Å². The number of anilines is 2. The van der Waals surface area contributed by atoms with Gasteiger partial charge in [-0.25, -0.2) is 4.98 Å². The summed E-state index contributed by atoms with van der Waals surface area (Å²) in [6, 6.07) is 16.8. The molecule has 2 heterocycles. The van der Waals surface area contributed by atoms with Crippen LogP contribution in [0, 0.1) is 5.92 Å². The van der Waals surface area contributed by atoms with E-state index in [1.807, 2.05) is 43.4 Å². The molecule has 3 aliphatic rings. The maximum absolute atomic E-state index is 12.8. The van der Waals surface area contributed by atoms with Crippen LogP contribution in [0.3, 0.4) is 0 Å². The van der Waals surface area contributed by atoms with Crippen molar-refractivity contribution in [2.75, 3.05) is 17.3 Å². The van der Waals surface area contributed by atoms with E-state index in [0.717, 1.165) is 48.1 Å². The fraction of sp³-hybridized carbons (Fsp3) is 0.310. The molecule has 0 radical (unpaired) electrons. The first-order valence-corrected chi connectivity index (χ1v) is 12.4. The van der Waals surface area contributed by atoms with Crippen LogP contribution in [0.15, 0.2) is 60.8 Å². The van der Waals surface area contributed by atoms with Gasteiger partial charge in [-0.1, -0.05) is 24.3 Å². The van der Waals surface area contributed by atoms with E-state index in [4.69, 9.17) is 4.74 Å². The molecule has 6 rings (SSSR count). The summed E-state index contributed by atoms with van der Waals surface area (Å²) in [4.78, 5) is 43.3. The first-order chi connectivity index (χ1) is 17.4. The maximum atomic E-state index is 12.8. The quantitative estimate of drug-likeness (QED) is 0.509. The highest BCUT2D eigenvalue weighted by atomic mass is 16.5. The number of carbonyl (C=O) groups is 3. The molecule has 1 N–H and O–H groups in total. The Bertz CT molecular complexity index is 1370. The Kier molecular flexibility index (Phi) is 5.36. The van der Waals surface area contributed by atoms with Crippen LogP contribution in [0.5, 0.6) is 11.5 Å². The highest BCUT2D eigenvalue weighted by Gasteiger charge is 2.58. The number of ketones is 1. The van der Waals surface area contributed by atoms with Crippen LogP contribution in [0.2, 0.25) is 0 Å². The summed E-state index contributed by atoms with van der Waals surface area (Å²) in [7, 11) is 1.83. The largest absolute Gasteiger partial charge is 0.457 e. The number of rotatable bonds is 8. The van der Waals surface area contributed by atoms with Crippen LogP contribution >= 0.6 is 0 Å². The Hall–Kier alpha value is -4.00. The Morgan fingerprint density at radius 2 is 1.72 bits per heavy atom. The molecule has 36 heavy (non-hydrogen) atoms. The van der Waals surface area contributed by atoms with E-state index < -0.39 is 0 Å². The van der Waals surface area contributed by atoms with Crippen LogP contribution in [0.4, 0.5) is 11.5 Å². The van der Waals surface area contributed by atoms with Crippen molar-refractivity contribution in [2.45, 2.75) is 43.9 Å². The van der Waals surface area contributed by atoms with E-state index in [9.17, 15) is 14.4 Å². The van der Waals surface area contributed by atoms with Crippen molar-refractivity contribution in [1.29, 1.82) is 0 Å². The predicted octanol–water partition coefficient (Wildman–Crippen LogP) is 4.58. The molecule has 2 saturated carbocycles. The number of ether oxygens (including phenoxy) is 1. The van der Waals surface area contributed by atoms with E-state index in [-0.39, 0.29) is 28.9 Å². The SMILES string of the molecule is CN1C(=O)C2(CC2)c2cc(CC(=O)Cc3ccc(Oc4ccnc(NC(=O)C5CC5)c4)cc3)ccc21. The van der Waals surface area contributed by atoms with Gasteiger partial charge in [0.05, 0.1) is 5.41 Å². The maximum Gasteiger partial charge on any atom is 0.237 e. The number of nitrogens with zero attached hydrogens (tertiary/aromatic N) is 2. The van der Waals surface area contributed by atoms with E-state index in [0.29, 0.717) is 30.2 Å². The van der Waals surface area contributed by atoms with Crippen molar-refractivity contribution in [3.05, 3.63) is 77.5 Å². The lowest BCUT2D eigenvalue weighted by atomic mass is 9.94. The monoisotopic (exact) mass is 481 g/mol. The second kappa shape index (κ2) is 8.59. The van der Waals surface area contributed by atoms with Gasteiger partial charge >= 0.3 is 0 Å². The van der Waals surface area contributed by atoms with Gasteiger partial charge < -0.3 is 15.0 Å². The number of nitrogens with one attached hydrogen (secondary N) is 1. The summed E-state index contributed by atoms with van der Waals surface area (Å²) in [5.41, 5.74) is 3.57. The van der Waals surface area contributed by atoms with Gasteiger partial charge in [0.25, 0.3) is 0 Å². The summed E-state index contributed by atoms with van der Waals surface area (Å²) in [5.74, 6) is 2.09. The van der Waals surface area contributed by atoms with Gasteiger partial charge in [0.1, 0.15) is 23.1 Å². The number of Topliss-reactive ketones (excluding diaryl/α,β-unsaturated/α-hetero) is 1. The van der Waals surface area contributed by atoms with Gasteiger partial charge in [-0.05, 0) is 66.6 Å². The minimum atomic E-state index is -0.336. The predicted molar refractivity (Wildman–Crippen MR) is 135 cm³/mol. The van der Waals surface area contributed by atoms with E-state index >= 15 is 0 Å². The molecular weight excluding hydrogens is 454 g/mol. The number of benzene rings is 2. The number of hydrogen-bond acceptors (Lipinski definition) is 5. The van der Waals surface area contributed by atoms with Gasteiger partial charge in [-0.15, -0.1) is 0 Å². The minimum absolute atomic E-state index is 0.00132. The molecule has 2 aliphatic carbocycles. The molecule has 7 heteroatoms. The van der Waals surface area contributed by atoms with Crippen LogP contribution in [0.1, 0.15) is 42.4 Å². The van der Waals surface area contributed by atoms with Crippen LogP contribution in [-0.2, 0) is 32.6 Å². The van der Waals surface area contributed by atoms with Crippen molar-refractivity contribution >= 4 is 29.1 Å². The first kappa shape index (κ1) is 22.5. The molecule has 1 spiro atoms. The van der Waals surface area contributed by atoms with Crippen LogP contribution < -0.4 is 15.0 Å². The molecule has 2 fully saturated rings. The highest BCUT2D eigenvalue weighted by Crippen LogP contribution is 2.57. The number of pyridine rings is 1. The molecule has 7 nitrogen and oxygen atoms in total. The third-order valence-electron chi connectivity index (χ3n) is 7.29. The Balaban J connectivity index is 1.06. The minimum Gasteiger partial charge on any atom is -0.457 e. The van der Waals surface area contributed by atoms with Crippen LogP contribution in [0.25, 0.3) is 0 Å². The number of carbonyl (C=O) groups excluding carboxylic acids is 3. The molecule has 3 aromatic rings. The average molecular weight is 482 g/mol. The van der Waals surface area contributed by atoms with Gasteiger partial charge in [0.15, 0.2) is 0 Å². The number of likely N-dealkylation sites (N-methyl/N-ethyl adjacent to an activating group) is 1. The molecule has 2 aromatic carbocycles. The first-order valence-electron chi connectivity index (χ1n) is 12.4. The van der Waals surface area contributed by atoms with Gasteiger partial charge in [-0.3, -0.25) is 14.4 Å². The molecular formula is C29H27N3O4. The standard InChI is InChI=1S/C29H27N3O4/c1-32-25-9-4-19(16-24(25)29(11-12-29)28(32)35)15-21(33)14-18-2-7-22(8-3-18)36-23-10-13-30-26(17-23)31-27(34)20-5-6-20/h2-4,7-10,13,16-17,20H,5-6,11-12,14-15H2,1H3,(H,30,31,34). The molecule has 1 aromatic heterocycles. The van der Waals surface area contributed by atoms with E-state index in [1.165, 1.54) is 0 Å². The Labute approximate surface area is 209 Å². The van der Waals surface area contributed by atoms with E-state index in [1.54, 1.807) is 23.2 Å². The van der Waals surface area contributed by atoms with Gasteiger partial charge in [-0.2, -0.15) is 0 Å². The molecule has 0 atom stereocenters. The molecule has 1 aliphatic heterocycles. The summed E-state index contributed by atoms with van der Waals surface area (Å²) in [5, 5.41) is 2.82. The summed E-state index contributed by atoms with van der Waals surface area (Å²) >= 11 is 0. The zero-order chi connectivity index (χ0) is 24.9. The lowest BCUT2D eigenvalue weighted by Gasteiger charge is -2.10. The third-order valence-corrected chi connectivity index (χ3v) is 7.29. The molecule has 182 valence electrons. The molecule has 0 saturated heterocycles. The zero-order valence-corrected chi connectivity index (χ0v) is 20.1. The second-order valence-electron chi connectivity index (χ2n) is 10.1. The van der Waals surface area contributed by atoms with Crippen molar-refractivity contribution in [3.8, 4) is 11.5 Å². The average Bonchev–Trinajstić information content (AvgIpc) is 3.78. The highest BCUT2D eigenvalue weighted by molar-refractivity contribution is 6.09. The normalized spacial score (nSPS) is 17.1. The van der Waals surface area contributed by atoms with Crippen molar-refractivity contribution in [3.63, 3.8) is 0 Å². The van der Waals surface area contributed by atoms with Gasteiger partial charge in [0.2, 0.25) is 11.8 Å². The van der Waals surface area contributed by atoms with Crippen molar-refractivity contribution in [2.24, 2.45) is 5.92 Å². The summed E-state index contributed by atoms with van der Waals surface area (Å²) in [6.45, 7) is 0. The lowest BCUT2D eigenvalue weighted by molar-refractivity contribution is -0.120. The molecule has 2 amide bonds.